The van der Waals surface area contributed by atoms with Crippen LogP contribution in [0.25, 0.3) is 0 Å². The van der Waals surface area contributed by atoms with Gasteiger partial charge in [0.05, 0.1) is 17.4 Å². The molecule has 6 nitrogen and oxygen atoms in total. The van der Waals surface area contributed by atoms with E-state index in [0.29, 0.717) is 12.3 Å². The third-order valence-corrected chi connectivity index (χ3v) is 7.19. The lowest BCUT2D eigenvalue weighted by molar-refractivity contribution is -0.126. The summed E-state index contributed by atoms with van der Waals surface area (Å²) in [6.45, 7) is 4.37. The first-order valence-corrected chi connectivity index (χ1v) is 12.7. The Bertz CT molecular complexity index is 1470. The van der Waals surface area contributed by atoms with E-state index in [2.05, 4.69) is 0 Å². The molecule has 38 heavy (non-hydrogen) atoms. The minimum absolute atomic E-state index is 0.250. The lowest BCUT2D eigenvalue weighted by Crippen LogP contribution is -2.37. The average Bonchev–Trinajstić information content (AvgIpc) is 3.45. The number of carbonyl (C=O) groups is 2. The molecule has 3 atom stereocenters. The lowest BCUT2D eigenvalue weighted by atomic mass is 9.90. The van der Waals surface area contributed by atoms with E-state index in [4.69, 9.17) is 9.57 Å². The van der Waals surface area contributed by atoms with E-state index < -0.39 is 18.1 Å². The summed E-state index contributed by atoms with van der Waals surface area (Å²) >= 11 is 0. The molecule has 2 aliphatic heterocycles. The van der Waals surface area contributed by atoms with Crippen molar-refractivity contribution in [3.05, 3.63) is 125 Å². The number of amides is 2. The summed E-state index contributed by atoms with van der Waals surface area (Å²) < 4.78 is 5.97. The molecule has 2 heterocycles. The second-order valence-electron chi connectivity index (χ2n) is 9.80. The maximum Gasteiger partial charge on any atom is 0.266 e. The monoisotopic (exact) mass is 504 g/mol. The number of aryl methyl sites for hydroxylation is 2. The van der Waals surface area contributed by atoms with Gasteiger partial charge in [-0.1, -0.05) is 78.4 Å². The van der Waals surface area contributed by atoms with Crippen molar-refractivity contribution in [1.82, 2.24) is 0 Å². The number of carbonyl (C=O) groups excluding carboxylic acids is 2. The van der Waals surface area contributed by atoms with Crippen LogP contribution >= 0.6 is 0 Å². The van der Waals surface area contributed by atoms with E-state index in [-0.39, 0.29) is 11.8 Å². The van der Waals surface area contributed by atoms with E-state index in [9.17, 15) is 9.59 Å². The Morgan fingerprint density at radius 3 is 2.16 bits per heavy atom. The van der Waals surface area contributed by atoms with Gasteiger partial charge in [-0.05, 0) is 60.9 Å². The fourth-order valence-electron chi connectivity index (χ4n) is 5.35. The minimum atomic E-state index is -0.901. The maximum absolute atomic E-state index is 13.9. The molecule has 2 aliphatic rings. The number of hydrogen-bond acceptors (Lipinski definition) is 5. The van der Waals surface area contributed by atoms with Crippen molar-refractivity contribution < 1.29 is 19.2 Å². The zero-order chi connectivity index (χ0) is 26.2. The highest BCUT2D eigenvalue weighted by Crippen LogP contribution is 2.48. The summed E-state index contributed by atoms with van der Waals surface area (Å²) in [7, 11) is 0. The van der Waals surface area contributed by atoms with Crippen LogP contribution in [0.5, 0.6) is 5.75 Å². The molecule has 0 spiro atoms. The van der Waals surface area contributed by atoms with Crippen molar-refractivity contribution >= 4 is 23.2 Å². The number of para-hydroxylation sites is 1. The Balaban J connectivity index is 1.32. The molecule has 0 aliphatic carbocycles. The molecule has 4 aromatic rings. The molecule has 2 amide bonds. The van der Waals surface area contributed by atoms with E-state index in [1.807, 2.05) is 117 Å². The second-order valence-corrected chi connectivity index (χ2v) is 9.80. The van der Waals surface area contributed by atoms with Crippen LogP contribution in [0.4, 0.5) is 11.4 Å². The Hall–Kier alpha value is -4.42. The van der Waals surface area contributed by atoms with Gasteiger partial charge < -0.3 is 4.74 Å². The van der Waals surface area contributed by atoms with Crippen LogP contribution in [0, 0.1) is 19.8 Å². The van der Waals surface area contributed by atoms with Crippen LogP contribution in [0.3, 0.4) is 0 Å². The van der Waals surface area contributed by atoms with Crippen molar-refractivity contribution in [2.24, 2.45) is 5.92 Å². The van der Waals surface area contributed by atoms with Crippen molar-refractivity contribution in [2.75, 3.05) is 9.96 Å². The lowest BCUT2D eigenvalue weighted by Gasteiger charge is -2.29. The van der Waals surface area contributed by atoms with Crippen LogP contribution in [-0.2, 0) is 21.0 Å². The van der Waals surface area contributed by atoms with Gasteiger partial charge in [0.1, 0.15) is 18.3 Å². The van der Waals surface area contributed by atoms with Gasteiger partial charge >= 0.3 is 0 Å². The fourth-order valence-corrected chi connectivity index (χ4v) is 5.35. The minimum Gasteiger partial charge on any atom is -0.489 e. The number of ether oxygens (including phenoxy) is 1. The predicted molar refractivity (Wildman–Crippen MR) is 146 cm³/mol. The highest BCUT2D eigenvalue weighted by atomic mass is 16.7. The first-order chi connectivity index (χ1) is 18.5. The summed E-state index contributed by atoms with van der Waals surface area (Å²) in [6.07, 6.45) is -0.901. The Kier molecular flexibility index (Phi) is 6.18. The fraction of sp³-hybridized carbons (Fsp3) is 0.188. The van der Waals surface area contributed by atoms with Gasteiger partial charge in [-0.15, -0.1) is 0 Å². The third kappa shape index (κ3) is 4.23. The van der Waals surface area contributed by atoms with Gasteiger partial charge in [0.25, 0.3) is 5.91 Å². The topological polar surface area (TPSA) is 59.1 Å². The molecule has 0 bridgehead atoms. The van der Waals surface area contributed by atoms with E-state index >= 15 is 0 Å². The maximum atomic E-state index is 13.9. The molecule has 2 fully saturated rings. The molecule has 190 valence electrons. The highest BCUT2D eigenvalue weighted by molar-refractivity contribution is 6.24. The molecular formula is C32H28N2O4. The van der Waals surface area contributed by atoms with Crippen LogP contribution in [0.1, 0.15) is 28.3 Å². The van der Waals surface area contributed by atoms with Crippen molar-refractivity contribution in [2.45, 2.75) is 32.6 Å². The van der Waals surface area contributed by atoms with Crippen LogP contribution in [0.2, 0.25) is 0 Å². The number of imide groups is 1. The number of hydroxylamine groups is 1. The van der Waals surface area contributed by atoms with Gasteiger partial charge in [0.2, 0.25) is 5.91 Å². The first-order valence-electron chi connectivity index (χ1n) is 12.7. The standard InChI is InChI=1S/C32H28N2O4/c1-21-13-18-27(22(2)19-21)33-31(35)28-29(34(38-30(28)32(33)36)25-11-7-4-8-12-25)24-14-16-26(17-15-24)37-20-23-9-5-3-6-10-23/h3-19,28-30H,20H2,1-2H3/t28-,29+,30+/m0/s1. The van der Waals surface area contributed by atoms with Gasteiger partial charge in [-0.2, -0.15) is 0 Å². The summed E-state index contributed by atoms with van der Waals surface area (Å²) in [5.41, 5.74) is 5.30. The summed E-state index contributed by atoms with van der Waals surface area (Å²) in [5, 5.41) is 1.71. The summed E-state index contributed by atoms with van der Waals surface area (Å²) in [4.78, 5) is 35.1. The number of hydrogen-bond donors (Lipinski definition) is 0. The number of anilines is 2. The molecule has 6 rings (SSSR count). The molecule has 0 unspecified atom stereocenters. The molecule has 6 heteroatoms. The largest absolute Gasteiger partial charge is 0.489 e. The number of nitrogens with zero attached hydrogens (tertiary/aromatic N) is 2. The smallest absolute Gasteiger partial charge is 0.266 e. The third-order valence-electron chi connectivity index (χ3n) is 7.19. The number of fused-ring (bicyclic) bond motifs is 1. The molecular weight excluding hydrogens is 476 g/mol. The molecule has 0 radical (unpaired) electrons. The number of rotatable bonds is 6. The SMILES string of the molecule is Cc1ccc(N2C(=O)[C@H]3[C@@H](c4ccc(OCc5ccccc5)cc4)N(c4ccccc4)O[C@H]3C2=O)c(C)c1. The normalized spacial score (nSPS) is 20.6. The van der Waals surface area contributed by atoms with Crippen molar-refractivity contribution in [3.63, 3.8) is 0 Å². The molecule has 0 N–H and O–H groups in total. The second kappa shape index (κ2) is 9.80. The Morgan fingerprint density at radius 1 is 0.789 bits per heavy atom. The first kappa shape index (κ1) is 23.9. The quantitative estimate of drug-likeness (QED) is 0.305. The van der Waals surface area contributed by atoms with Gasteiger partial charge in [-0.25, -0.2) is 9.96 Å². The van der Waals surface area contributed by atoms with E-state index in [1.165, 1.54) is 4.90 Å². The molecule has 2 saturated heterocycles. The van der Waals surface area contributed by atoms with E-state index in [1.54, 1.807) is 5.06 Å². The van der Waals surface area contributed by atoms with Gasteiger partial charge in [0.15, 0.2) is 6.10 Å². The van der Waals surface area contributed by atoms with Crippen molar-refractivity contribution in [1.29, 1.82) is 0 Å². The zero-order valence-electron chi connectivity index (χ0n) is 21.3. The van der Waals surface area contributed by atoms with Crippen LogP contribution in [-0.4, -0.2) is 17.9 Å². The van der Waals surface area contributed by atoms with Crippen LogP contribution < -0.4 is 14.7 Å². The van der Waals surface area contributed by atoms with Gasteiger partial charge in [0, 0.05) is 0 Å². The van der Waals surface area contributed by atoms with Gasteiger partial charge in [-0.3, -0.25) is 14.4 Å². The summed E-state index contributed by atoms with van der Waals surface area (Å²) in [5.74, 6) is -0.539. The van der Waals surface area contributed by atoms with Crippen LogP contribution in [0.15, 0.2) is 103 Å². The van der Waals surface area contributed by atoms with Crippen molar-refractivity contribution in [3.8, 4) is 5.75 Å². The Labute approximate surface area is 222 Å². The molecule has 0 aromatic heterocycles. The zero-order valence-corrected chi connectivity index (χ0v) is 21.3. The summed E-state index contributed by atoms with van der Waals surface area (Å²) in [6, 6.07) is 32.5. The molecule has 4 aromatic carbocycles. The van der Waals surface area contributed by atoms with E-state index in [0.717, 1.165) is 33.7 Å². The average molecular weight is 505 g/mol. The molecule has 0 saturated carbocycles. The Morgan fingerprint density at radius 2 is 1.47 bits per heavy atom. The highest BCUT2D eigenvalue weighted by Gasteiger charge is 2.60. The number of benzene rings is 4. The predicted octanol–water partition coefficient (Wildman–Crippen LogP) is 5.93.